The first-order valence-electron chi connectivity index (χ1n) is 35.5. The third kappa shape index (κ3) is 21.8. The monoisotopic (exact) mass is 1550 g/mol. The van der Waals surface area contributed by atoms with Gasteiger partial charge < -0.3 is 46.0 Å². The molecule has 1 saturated carbocycles. The number of nitrogens with zero attached hydrogens (tertiary/aromatic N) is 5. The van der Waals surface area contributed by atoms with Crippen molar-refractivity contribution in [2.45, 2.75) is 164 Å². The molecule has 106 heavy (non-hydrogen) atoms. The molecule has 27 heteroatoms. The van der Waals surface area contributed by atoms with Gasteiger partial charge in [-0.05, 0) is 162 Å². The van der Waals surface area contributed by atoms with Crippen LogP contribution < -0.4 is 60.1 Å². The first kappa shape index (κ1) is 87.2. The molecule has 0 aromatic heterocycles. The van der Waals surface area contributed by atoms with Crippen LogP contribution in [0.25, 0.3) is 0 Å². The van der Waals surface area contributed by atoms with E-state index in [4.69, 9.17) is 16.2 Å². The molecule has 1 aliphatic carbocycles. The van der Waals surface area contributed by atoms with Crippen LogP contribution in [0.3, 0.4) is 0 Å². The molecule has 4 atom stereocenters. The number of ether oxygens (including phenoxy) is 1. The number of carbonyl (C=O) groups excluding carboxylic acids is 4. The molecule has 6 aromatic rings. The summed E-state index contributed by atoms with van der Waals surface area (Å²) < 4.78 is 158. The van der Waals surface area contributed by atoms with Gasteiger partial charge in [-0.25, -0.2) is 0 Å². The number of para-hydroxylation sites is 2. The van der Waals surface area contributed by atoms with Crippen LogP contribution in [0.2, 0.25) is 0 Å². The van der Waals surface area contributed by atoms with Gasteiger partial charge >= 0.3 is 49.5 Å². The van der Waals surface area contributed by atoms with Crippen LogP contribution in [0.15, 0.2) is 114 Å². The van der Waals surface area contributed by atoms with Gasteiger partial charge in [0, 0.05) is 102 Å². The third-order valence-corrected chi connectivity index (χ3v) is 21.0. The Morgan fingerprint density at radius 3 is 1.20 bits per heavy atom. The first-order valence-corrected chi connectivity index (χ1v) is 36.3. The molecule has 12 rings (SSSR count). The van der Waals surface area contributed by atoms with E-state index in [2.05, 4.69) is 28.2 Å². The number of hydrogen-bond donors (Lipinski definition) is 3. The fourth-order valence-electron chi connectivity index (χ4n) is 14.5. The van der Waals surface area contributed by atoms with Crippen LogP contribution in [-0.2, 0) is 48.6 Å². The predicted octanol–water partition coefficient (Wildman–Crippen LogP) is 17.2. The standard InChI is InChI=1S/C27H32F3N3O2.C17H23NO3.C12H13F3N.C11H13F3N2.C7H5BrF3N.C5H10.Li/c1-5-26(16-33(24(34)19(26)4)23-17(2)9-8-10-18(23)3)25(35)31-21-13-20(27(28,29)30)14-22(15-21)32-11-6-7-12-32;1-6-17(16(20)21-5)10-18(15(19)13(17)4)14-11(2)8-7-9-12(14)3;1-9-6-10(12(13,14)15)8-11(7-9)16-4-2-3-5-16;12-11(13,14)8-5-9(15)7-10(6-8)16-3-1-2-4-16;8-5-1-4(7(9,10)11)2-6(12)3-5;1-2-4-5-3-1;/h8-10,13-15,19H,5-7,11-12,16H2,1-4H3,(H,31,35);7-9,13H,6,10H2,1-5H3;6-8H,1-5H2;5-7H,1-4,15H2;1-3H,12H2;1-5H2;/q;;-1;;;;+1/t19-,26-;;;;;;/m1....../s1. The summed E-state index contributed by atoms with van der Waals surface area (Å²) in [6, 6.07) is 26.5. The fraction of sp³-hybridized carbons (Fsp3) is 0.481. The van der Waals surface area contributed by atoms with Crippen LogP contribution in [0, 0.1) is 57.3 Å². The second-order valence-corrected chi connectivity index (χ2v) is 28.7. The number of halogens is 13. The number of aryl methyl sites for hydroxylation is 4. The van der Waals surface area contributed by atoms with E-state index in [0.717, 1.165) is 135 Å². The largest absolute Gasteiger partial charge is 1.00 e. The number of amides is 3. The number of methoxy groups -OCH3 is 1. The van der Waals surface area contributed by atoms with E-state index in [0.29, 0.717) is 59.6 Å². The van der Waals surface area contributed by atoms with Crippen molar-refractivity contribution in [2.75, 3.05) is 101 Å². The second kappa shape index (κ2) is 36.9. The Kier molecular flexibility index (Phi) is 30.4. The Morgan fingerprint density at radius 2 is 0.830 bits per heavy atom. The summed E-state index contributed by atoms with van der Waals surface area (Å²) in [5.74, 6) is -1.86. The van der Waals surface area contributed by atoms with Gasteiger partial charge in [0.2, 0.25) is 17.7 Å². The SMILES string of the molecule is C1CCCC1.CCC1(C(=O)OC)CN(c2c(C)cccc2C)C(=O)C1C.CC[C@@]1(C(=O)Nc2cc(N3CCCC3)cc(C(F)(F)F)c2)CN(c2c(C)cccc2C)C(=O)[C@H]1C.Nc1cc(Br)cc(C(F)(F)F)c1.Nc1cc(N2CCCC2)cc(C(F)(F)F)c1.[CH2-]c1cc(N2CCCC2)cc(C(F)(F)F)c1.[Li+]. The Balaban J connectivity index is 0.000000214. The Bertz CT molecular complexity index is 3840. The topological polar surface area (TPSA) is 158 Å². The summed E-state index contributed by atoms with van der Waals surface area (Å²) in [5, 5.41) is 2.76. The van der Waals surface area contributed by atoms with Crippen molar-refractivity contribution in [1.29, 1.82) is 0 Å². The van der Waals surface area contributed by atoms with Gasteiger partial charge in [-0.1, -0.05) is 118 Å². The van der Waals surface area contributed by atoms with Gasteiger partial charge in [-0.3, -0.25) is 19.2 Å². The molecule has 5 N–H and O–H groups in total. The number of hydrogen-bond acceptors (Lipinski definition) is 10. The average Bonchev–Trinajstić information content (AvgIpc) is 1.60. The molecular weight excluding hydrogens is 1460 g/mol. The number of nitrogens with two attached hydrogens (primary N) is 2. The molecule has 0 radical (unpaired) electrons. The maximum Gasteiger partial charge on any atom is 1.00 e. The summed E-state index contributed by atoms with van der Waals surface area (Å²) in [6.07, 6.45) is -3.04. The van der Waals surface area contributed by atoms with Gasteiger partial charge in [0.25, 0.3) is 0 Å². The van der Waals surface area contributed by atoms with Crippen molar-refractivity contribution in [1.82, 2.24) is 0 Å². The smallest absolute Gasteiger partial charge is 0.469 e. The van der Waals surface area contributed by atoms with Crippen molar-refractivity contribution < 1.29 is 95.5 Å². The van der Waals surface area contributed by atoms with Crippen LogP contribution in [-0.4, -0.2) is 83.2 Å². The summed E-state index contributed by atoms with van der Waals surface area (Å²) >= 11 is 2.93. The predicted molar refractivity (Wildman–Crippen MR) is 395 cm³/mol. The molecule has 5 aliphatic heterocycles. The summed E-state index contributed by atoms with van der Waals surface area (Å²) in [5.41, 5.74) is 14.2. The van der Waals surface area contributed by atoms with Crippen molar-refractivity contribution in [2.24, 2.45) is 22.7 Å². The minimum atomic E-state index is -4.53. The van der Waals surface area contributed by atoms with E-state index in [-0.39, 0.29) is 66.2 Å². The van der Waals surface area contributed by atoms with Crippen molar-refractivity contribution in [3.63, 3.8) is 0 Å². The minimum Gasteiger partial charge on any atom is -0.469 e. The number of rotatable bonds is 10. The molecule has 2 unspecified atom stereocenters. The van der Waals surface area contributed by atoms with Crippen LogP contribution in [0.4, 0.5) is 98.2 Å². The van der Waals surface area contributed by atoms with Gasteiger partial charge in [-0.15, -0.1) is 6.07 Å². The second-order valence-electron chi connectivity index (χ2n) is 27.8. The van der Waals surface area contributed by atoms with E-state index >= 15 is 0 Å². The summed E-state index contributed by atoms with van der Waals surface area (Å²) in [4.78, 5) is 61.3. The number of nitrogens with one attached hydrogen (secondary N) is 1. The quantitative estimate of drug-likeness (QED) is 0.0396. The van der Waals surface area contributed by atoms with Crippen LogP contribution in [0.5, 0.6) is 0 Å². The van der Waals surface area contributed by atoms with E-state index in [1.54, 1.807) is 34.9 Å². The van der Waals surface area contributed by atoms with Crippen molar-refractivity contribution >= 4 is 85.1 Å². The number of nitrogen functional groups attached to an aromatic ring is 2. The number of carbonyl (C=O) groups is 4. The van der Waals surface area contributed by atoms with Gasteiger partial charge in [0.05, 0.1) is 46.5 Å². The Morgan fingerprint density at radius 1 is 0.500 bits per heavy atom. The molecular formula is C79H96BrF12LiN8O5. The summed E-state index contributed by atoms with van der Waals surface area (Å²) in [6.45, 7) is 24.0. The number of esters is 1. The maximum absolute atomic E-state index is 13.7. The maximum atomic E-state index is 13.7. The molecule has 5 saturated heterocycles. The van der Waals surface area contributed by atoms with Gasteiger partial charge in [0.15, 0.2) is 0 Å². The fourth-order valence-corrected chi connectivity index (χ4v) is 15.0. The van der Waals surface area contributed by atoms with E-state index in [1.165, 1.54) is 57.4 Å². The molecule has 13 nitrogen and oxygen atoms in total. The van der Waals surface area contributed by atoms with Gasteiger partial charge in [-0.2, -0.15) is 71.2 Å². The molecule has 0 spiro atoms. The molecule has 574 valence electrons. The molecule has 3 amide bonds. The summed E-state index contributed by atoms with van der Waals surface area (Å²) in [7, 11) is 1.39. The molecule has 6 fully saturated rings. The minimum absolute atomic E-state index is 0. The zero-order valence-corrected chi connectivity index (χ0v) is 63.5. The Hall–Kier alpha value is -7.69. The Labute approximate surface area is 634 Å². The van der Waals surface area contributed by atoms with Gasteiger partial charge in [0.1, 0.15) is 0 Å². The zero-order valence-electron chi connectivity index (χ0n) is 61.9. The third-order valence-electron chi connectivity index (χ3n) is 20.5. The van der Waals surface area contributed by atoms with Crippen LogP contribution in [0.1, 0.15) is 161 Å². The molecule has 0 bridgehead atoms. The van der Waals surface area contributed by atoms with E-state index in [9.17, 15) is 71.9 Å². The number of alkyl halides is 12. The van der Waals surface area contributed by atoms with E-state index in [1.807, 2.05) is 99.6 Å². The van der Waals surface area contributed by atoms with Crippen molar-refractivity contribution in [3.8, 4) is 0 Å². The first-order chi connectivity index (χ1) is 49.2. The molecule has 6 aromatic carbocycles. The average molecular weight is 1550 g/mol. The van der Waals surface area contributed by atoms with Crippen LogP contribution >= 0.6 is 15.9 Å². The molecule has 5 heterocycles. The van der Waals surface area contributed by atoms with E-state index < -0.39 is 69.6 Å². The number of anilines is 8. The zero-order chi connectivity index (χ0) is 77.7. The number of benzene rings is 6. The van der Waals surface area contributed by atoms with Crippen molar-refractivity contribution in [3.05, 3.63) is 171 Å². The molecule has 6 aliphatic rings. The normalized spacial score (nSPS) is 20.0.